The van der Waals surface area contributed by atoms with Crippen LogP contribution in [-0.2, 0) is 11.2 Å². The van der Waals surface area contributed by atoms with Crippen molar-refractivity contribution in [3.63, 3.8) is 0 Å². The molecule has 0 spiro atoms. The van der Waals surface area contributed by atoms with E-state index in [0.717, 1.165) is 38.1 Å². The van der Waals surface area contributed by atoms with Gasteiger partial charge in [-0.1, -0.05) is 0 Å². The molecule has 0 atom stereocenters. The van der Waals surface area contributed by atoms with Crippen molar-refractivity contribution in [2.75, 3.05) is 31.7 Å². The number of hydrogen-bond acceptors (Lipinski definition) is 3. The quantitative estimate of drug-likeness (QED) is 0.592. The number of ether oxygens (including phenoxy) is 1. The molecule has 98 valence electrons. The van der Waals surface area contributed by atoms with E-state index in [1.165, 1.54) is 17.7 Å². The van der Waals surface area contributed by atoms with E-state index in [9.17, 15) is 4.79 Å². The van der Waals surface area contributed by atoms with Crippen LogP contribution in [0.4, 0.5) is 5.69 Å². The van der Waals surface area contributed by atoms with Gasteiger partial charge in [0.1, 0.15) is 0 Å². The van der Waals surface area contributed by atoms with E-state index in [-0.39, 0.29) is 5.78 Å². The predicted molar refractivity (Wildman–Crippen MR) is 73.5 cm³/mol. The summed E-state index contributed by atoms with van der Waals surface area (Å²) in [6, 6.07) is 6.09. The van der Waals surface area contributed by atoms with Crippen LogP contribution in [0.1, 0.15) is 35.7 Å². The van der Waals surface area contributed by atoms with E-state index in [1.54, 1.807) is 14.0 Å². The lowest BCUT2D eigenvalue weighted by atomic mass is 9.98. The van der Waals surface area contributed by atoms with Crippen molar-refractivity contribution in [3.05, 3.63) is 29.3 Å². The van der Waals surface area contributed by atoms with Crippen LogP contribution in [-0.4, -0.2) is 32.6 Å². The second-order valence-corrected chi connectivity index (χ2v) is 4.84. The second kappa shape index (κ2) is 6.01. The predicted octanol–water partition coefficient (Wildman–Crippen LogP) is 2.68. The van der Waals surface area contributed by atoms with Gasteiger partial charge in [-0.05, 0) is 49.9 Å². The maximum Gasteiger partial charge on any atom is 0.159 e. The smallest absolute Gasteiger partial charge is 0.159 e. The van der Waals surface area contributed by atoms with E-state index >= 15 is 0 Å². The summed E-state index contributed by atoms with van der Waals surface area (Å²) in [5.74, 6) is 0.148. The zero-order chi connectivity index (χ0) is 13.0. The molecule has 0 aliphatic carbocycles. The topological polar surface area (TPSA) is 29.5 Å². The van der Waals surface area contributed by atoms with Gasteiger partial charge in [-0.3, -0.25) is 4.79 Å². The van der Waals surface area contributed by atoms with E-state index in [2.05, 4.69) is 17.0 Å². The van der Waals surface area contributed by atoms with Gasteiger partial charge in [-0.25, -0.2) is 0 Å². The standard InChI is InChI=1S/C15H21NO2/c1-12(17)13-6-7-15-14(11-13)5-3-8-16(15)9-4-10-18-2/h6-7,11H,3-5,8-10H2,1-2H3. The fourth-order valence-electron chi connectivity index (χ4n) is 2.53. The summed E-state index contributed by atoms with van der Waals surface area (Å²) in [5.41, 5.74) is 3.43. The maximum atomic E-state index is 11.4. The number of anilines is 1. The minimum Gasteiger partial charge on any atom is -0.385 e. The largest absolute Gasteiger partial charge is 0.385 e. The van der Waals surface area contributed by atoms with Crippen molar-refractivity contribution in [1.29, 1.82) is 0 Å². The molecule has 1 aliphatic heterocycles. The van der Waals surface area contributed by atoms with Crippen molar-refractivity contribution in [3.8, 4) is 0 Å². The van der Waals surface area contributed by atoms with Crippen LogP contribution in [0.25, 0.3) is 0 Å². The Morgan fingerprint density at radius 2 is 2.28 bits per heavy atom. The van der Waals surface area contributed by atoms with Crippen molar-refractivity contribution in [2.24, 2.45) is 0 Å². The van der Waals surface area contributed by atoms with Gasteiger partial charge < -0.3 is 9.64 Å². The van der Waals surface area contributed by atoms with Crippen molar-refractivity contribution in [1.82, 2.24) is 0 Å². The Morgan fingerprint density at radius 1 is 1.44 bits per heavy atom. The normalized spacial score (nSPS) is 14.4. The van der Waals surface area contributed by atoms with Gasteiger partial charge in [0, 0.05) is 38.1 Å². The molecular formula is C15H21NO2. The summed E-state index contributed by atoms with van der Waals surface area (Å²) >= 11 is 0. The summed E-state index contributed by atoms with van der Waals surface area (Å²) in [5, 5.41) is 0. The molecule has 0 unspecified atom stereocenters. The Kier molecular flexibility index (Phi) is 4.37. The zero-order valence-corrected chi connectivity index (χ0v) is 11.2. The number of rotatable bonds is 5. The molecule has 0 fully saturated rings. The molecule has 0 aromatic heterocycles. The molecule has 1 aromatic rings. The Hall–Kier alpha value is -1.35. The number of methoxy groups -OCH3 is 1. The number of aryl methyl sites for hydroxylation is 1. The van der Waals surface area contributed by atoms with Gasteiger partial charge in [0.25, 0.3) is 0 Å². The molecule has 1 aromatic carbocycles. The monoisotopic (exact) mass is 247 g/mol. The molecule has 3 heteroatoms. The highest BCUT2D eigenvalue weighted by molar-refractivity contribution is 5.94. The Morgan fingerprint density at radius 3 is 3.00 bits per heavy atom. The van der Waals surface area contributed by atoms with E-state index in [4.69, 9.17) is 4.74 Å². The fourth-order valence-corrected chi connectivity index (χ4v) is 2.53. The number of carbonyl (C=O) groups is 1. The van der Waals surface area contributed by atoms with Crippen LogP contribution in [0.3, 0.4) is 0 Å². The van der Waals surface area contributed by atoms with Gasteiger partial charge in [0.2, 0.25) is 0 Å². The highest BCUT2D eigenvalue weighted by atomic mass is 16.5. The number of fused-ring (bicyclic) bond motifs is 1. The number of carbonyl (C=O) groups excluding carboxylic acids is 1. The number of nitrogens with zero attached hydrogens (tertiary/aromatic N) is 1. The Bertz CT molecular complexity index is 429. The molecule has 0 saturated heterocycles. The van der Waals surface area contributed by atoms with E-state index in [0.29, 0.717) is 0 Å². The molecule has 1 aliphatic rings. The van der Waals surface area contributed by atoms with Crippen LogP contribution >= 0.6 is 0 Å². The minimum atomic E-state index is 0.148. The van der Waals surface area contributed by atoms with Gasteiger partial charge in [-0.15, -0.1) is 0 Å². The first-order chi connectivity index (χ1) is 8.72. The van der Waals surface area contributed by atoms with Crippen LogP contribution < -0.4 is 4.90 Å². The fraction of sp³-hybridized carbons (Fsp3) is 0.533. The number of Topliss-reactive ketones (excluding diaryl/α,β-unsaturated/α-hetero) is 1. The first-order valence-corrected chi connectivity index (χ1v) is 6.60. The van der Waals surface area contributed by atoms with Gasteiger partial charge in [0.05, 0.1) is 0 Å². The first-order valence-electron chi connectivity index (χ1n) is 6.60. The van der Waals surface area contributed by atoms with Crippen molar-refractivity contribution in [2.45, 2.75) is 26.2 Å². The molecule has 1 heterocycles. The van der Waals surface area contributed by atoms with Gasteiger partial charge >= 0.3 is 0 Å². The summed E-state index contributed by atoms with van der Waals surface area (Å²) in [4.78, 5) is 13.8. The molecule has 3 nitrogen and oxygen atoms in total. The minimum absolute atomic E-state index is 0.148. The molecule has 0 radical (unpaired) electrons. The van der Waals surface area contributed by atoms with Crippen LogP contribution in [0.2, 0.25) is 0 Å². The third kappa shape index (κ3) is 2.91. The van der Waals surface area contributed by atoms with E-state index in [1.807, 2.05) is 6.07 Å². The highest BCUT2D eigenvalue weighted by Crippen LogP contribution is 2.28. The van der Waals surface area contributed by atoms with Crippen LogP contribution in [0, 0.1) is 0 Å². The molecule has 18 heavy (non-hydrogen) atoms. The third-order valence-corrected chi connectivity index (χ3v) is 3.48. The number of benzene rings is 1. The Labute approximate surface area is 109 Å². The lowest BCUT2D eigenvalue weighted by Crippen LogP contribution is -2.31. The third-order valence-electron chi connectivity index (χ3n) is 3.48. The second-order valence-electron chi connectivity index (χ2n) is 4.84. The molecule has 0 N–H and O–H groups in total. The highest BCUT2D eigenvalue weighted by Gasteiger charge is 2.17. The lowest BCUT2D eigenvalue weighted by Gasteiger charge is -2.31. The molecule has 0 saturated carbocycles. The average molecular weight is 247 g/mol. The molecule has 0 bridgehead atoms. The molecule has 2 rings (SSSR count). The average Bonchev–Trinajstić information content (AvgIpc) is 2.38. The zero-order valence-electron chi connectivity index (χ0n) is 11.2. The molecule has 0 amide bonds. The SMILES string of the molecule is COCCCN1CCCc2cc(C(C)=O)ccc21. The number of hydrogen-bond donors (Lipinski definition) is 0. The first kappa shape index (κ1) is 13.1. The summed E-state index contributed by atoms with van der Waals surface area (Å²) in [6.45, 7) is 4.56. The summed E-state index contributed by atoms with van der Waals surface area (Å²) < 4.78 is 5.10. The summed E-state index contributed by atoms with van der Waals surface area (Å²) in [6.07, 6.45) is 3.29. The Balaban J connectivity index is 2.14. The lowest BCUT2D eigenvalue weighted by molar-refractivity contribution is 0.101. The molecular weight excluding hydrogens is 226 g/mol. The van der Waals surface area contributed by atoms with Gasteiger partial charge in [-0.2, -0.15) is 0 Å². The summed E-state index contributed by atoms with van der Waals surface area (Å²) in [7, 11) is 1.74. The van der Waals surface area contributed by atoms with E-state index < -0.39 is 0 Å². The van der Waals surface area contributed by atoms with Crippen molar-refractivity contribution >= 4 is 11.5 Å². The number of ketones is 1. The van der Waals surface area contributed by atoms with Gasteiger partial charge in [0.15, 0.2) is 5.78 Å². The van der Waals surface area contributed by atoms with Crippen LogP contribution in [0.15, 0.2) is 18.2 Å². The maximum absolute atomic E-state index is 11.4. The van der Waals surface area contributed by atoms with Crippen molar-refractivity contribution < 1.29 is 9.53 Å². The van der Waals surface area contributed by atoms with Crippen LogP contribution in [0.5, 0.6) is 0 Å².